The van der Waals surface area contributed by atoms with Crippen LogP contribution in [0.1, 0.15) is 19.4 Å². The van der Waals surface area contributed by atoms with Crippen LogP contribution in [0, 0.1) is 0 Å². The van der Waals surface area contributed by atoms with E-state index >= 15 is 0 Å². The smallest absolute Gasteiger partial charge is 0.240 e. The van der Waals surface area contributed by atoms with Gasteiger partial charge in [-0.25, -0.2) is 0 Å². The Morgan fingerprint density at radius 3 is 2.68 bits per heavy atom. The fourth-order valence-corrected chi connectivity index (χ4v) is 4.36. The molecule has 7 nitrogen and oxygen atoms in total. The van der Waals surface area contributed by atoms with Crippen LogP contribution in [0.3, 0.4) is 0 Å². The average Bonchev–Trinajstić information content (AvgIpc) is 3.30. The standard InChI is InChI=1S/C20H21N5O2S/c1-13-12-15-8-4-5-9-16(15)24(13)19(26)14(2)28-20-21-22-23-25(20)17-10-6-7-11-18(17)27-3/h4-11,13-14H,12H2,1-3H3. The number of amides is 1. The number of carbonyl (C=O) groups excluding carboxylic acids is 1. The molecule has 1 aliphatic heterocycles. The predicted molar refractivity (Wildman–Crippen MR) is 108 cm³/mol. The highest BCUT2D eigenvalue weighted by Crippen LogP contribution is 2.35. The summed E-state index contributed by atoms with van der Waals surface area (Å²) < 4.78 is 7.02. The molecule has 2 aromatic carbocycles. The third-order valence-corrected chi connectivity index (χ3v) is 5.85. The van der Waals surface area contributed by atoms with E-state index in [4.69, 9.17) is 4.74 Å². The number of ether oxygens (including phenoxy) is 1. The maximum Gasteiger partial charge on any atom is 0.240 e. The number of thioether (sulfide) groups is 1. The van der Waals surface area contributed by atoms with Gasteiger partial charge in [0.05, 0.1) is 12.4 Å². The largest absolute Gasteiger partial charge is 0.494 e. The number of rotatable bonds is 5. The van der Waals surface area contributed by atoms with Crippen molar-refractivity contribution >= 4 is 23.4 Å². The molecule has 1 amide bonds. The Balaban J connectivity index is 1.58. The van der Waals surface area contributed by atoms with Crippen molar-refractivity contribution in [3.05, 3.63) is 54.1 Å². The van der Waals surface area contributed by atoms with Crippen molar-refractivity contribution in [3.8, 4) is 11.4 Å². The molecule has 0 saturated carbocycles. The third-order valence-electron chi connectivity index (χ3n) is 4.83. The predicted octanol–water partition coefficient (Wildman–Crippen LogP) is 3.13. The molecule has 0 saturated heterocycles. The molecule has 0 fully saturated rings. The minimum Gasteiger partial charge on any atom is -0.494 e. The number of carbonyl (C=O) groups is 1. The van der Waals surface area contributed by atoms with E-state index in [1.807, 2.05) is 54.3 Å². The van der Waals surface area contributed by atoms with Gasteiger partial charge in [0.1, 0.15) is 11.4 Å². The van der Waals surface area contributed by atoms with E-state index in [-0.39, 0.29) is 17.2 Å². The zero-order chi connectivity index (χ0) is 19.7. The lowest BCUT2D eigenvalue weighted by Gasteiger charge is -2.25. The Labute approximate surface area is 167 Å². The van der Waals surface area contributed by atoms with Crippen LogP contribution in [0.15, 0.2) is 53.7 Å². The molecule has 0 aliphatic carbocycles. The maximum atomic E-state index is 13.2. The summed E-state index contributed by atoms with van der Waals surface area (Å²) in [7, 11) is 1.61. The first-order chi connectivity index (χ1) is 13.6. The first-order valence-electron chi connectivity index (χ1n) is 9.09. The lowest BCUT2D eigenvalue weighted by molar-refractivity contribution is -0.118. The van der Waals surface area contributed by atoms with E-state index in [0.29, 0.717) is 10.9 Å². The summed E-state index contributed by atoms with van der Waals surface area (Å²) >= 11 is 1.34. The summed E-state index contributed by atoms with van der Waals surface area (Å²) in [6.45, 7) is 3.97. The van der Waals surface area contributed by atoms with Crippen molar-refractivity contribution < 1.29 is 9.53 Å². The monoisotopic (exact) mass is 395 g/mol. The number of hydrogen-bond donors (Lipinski definition) is 0. The quantitative estimate of drug-likeness (QED) is 0.618. The highest BCUT2D eigenvalue weighted by Gasteiger charge is 2.34. The van der Waals surface area contributed by atoms with Gasteiger partial charge in [0.2, 0.25) is 11.1 Å². The number of aromatic nitrogens is 4. The Kier molecular flexibility index (Phi) is 5.04. The third kappa shape index (κ3) is 3.24. The number of para-hydroxylation sites is 3. The maximum absolute atomic E-state index is 13.2. The second-order valence-corrected chi connectivity index (χ2v) is 8.00. The molecule has 0 radical (unpaired) electrons. The van der Waals surface area contributed by atoms with Crippen LogP contribution in [0.4, 0.5) is 5.69 Å². The van der Waals surface area contributed by atoms with Gasteiger partial charge < -0.3 is 9.64 Å². The number of tetrazole rings is 1. The minimum atomic E-state index is -0.340. The van der Waals surface area contributed by atoms with Crippen molar-refractivity contribution in [2.75, 3.05) is 12.0 Å². The molecule has 2 atom stereocenters. The van der Waals surface area contributed by atoms with Crippen LogP contribution in [0.2, 0.25) is 0 Å². The molecule has 2 heterocycles. The van der Waals surface area contributed by atoms with Crippen molar-refractivity contribution in [1.29, 1.82) is 0 Å². The zero-order valence-electron chi connectivity index (χ0n) is 15.9. The fraction of sp³-hybridized carbons (Fsp3) is 0.300. The highest BCUT2D eigenvalue weighted by atomic mass is 32.2. The van der Waals surface area contributed by atoms with Crippen molar-refractivity contribution in [2.45, 2.75) is 36.7 Å². The zero-order valence-corrected chi connectivity index (χ0v) is 16.8. The number of fused-ring (bicyclic) bond motifs is 1. The SMILES string of the molecule is COc1ccccc1-n1nnnc1SC(C)C(=O)N1c2ccccc2CC1C. The van der Waals surface area contributed by atoms with E-state index in [9.17, 15) is 4.79 Å². The van der Waals surface area contributed by atoms with Gasteiger partial charge in [-0.3, -0.25) is 4.79 Å². The van der Waals surface area contributed by atoms with Gasteiger partial charge in [-0.1, -0.05) is 42.1 Å². The van der Waals surface area contributed by atoms with Gasteiger partial charge in [0.15, 0.2) is 0 Å². The summed E-state index contributed by atoms with van der Waals surface area (Å²) in [5.41, 5.74) is 2.94. The van der Waals surface area contributed by atoms with E-state index in [1.54, 1.807) is 11.8 Å². The van der Waals surface area contributed by atoms with Crippen LogP contribution in [0.25, 0.3) is 5.69 Å². The minimum absolute atomic E-state index is 0.0528. The van der Waals surface area contributed by atoms with E-state index < -0.39 is 0 Å². The normalized spacial score (nSPS) is 16.7. The lowest BCUT2D eigenvalue weighted by Crippen LogP contribution is -2.40. The molecule has 0 bridgehead atoms. The average molecular weight is 395 g/mol. The van der Waals surface area contributed by atoms with Gasteiger partial charge in [-0.2, -0.15) is 4.68 Å². The second kappa shape index (κ2) is 7.63. The topological polar surface area (TPSA) is 73.1 Å². The van der Waals surface area contributed by atoms with Gasteiger partial charge in [0.25, 0.3) is 0 Å². The van der Waals surface area contributed by atoms with Crippen molar-refractivity contribution in [3.63, 3.8) is 0 Å². The van der Waals surface area contributed by atoms with Crippen LogP contribution >= 0.6 is 11.8 Å². The number of benzene rings is 2. The number of methoxy groups -OCH3 is 1. The Bertz CT molecular complexity index is 1010. The molecule has 3 aromatic rings. The van der Waals surface area contributed by atoms with Crippen LogP contribution in [-0.4, -0.2) is 44.5 Å². The number of hydrogen-bond acceptors (Lipinski definition) is 6. The highest BCUT2D eigenvalue weighted by molar-refractivity contribution is 8.00. The first-order valence-corrected chi connectivity index (χ1v) is 9.97. The molecule has 8 heteroatoms. The Morgan fingerprint density at radius 2 is 1.89 bits per heavy atom. The van der Waals surface area contributed by atoms with Gasteiger partial charge in [0, 0.05) is 11.7 Å². The molecular weight excluding hydrogens is 374 g/mol. The summed E-state index contributed by atoms with van der Waals surface area (Å²) in [4.78, 5) is 15.1. The first kappa shape index (κ1) is 18.5. The van der Waals surface area contributed by atoms with Gasteiger partial charge in [-0.05, 0) is 54.5 Å². The van der Waals surface area contributed by atoms with Crippen molar-refractivity contribution in [1.82, 2.24) is 20.2 Å². The molecule has 4 rings (SSSR count). The fourth-order valence-electron chi connectivity index (χ4n) is 3.51. The molecule has 1 aromatic heterocycles. The van der Waals surface area contributed by atoms with E-state index in [2.05, 4.69) is 28.5 Å². The number of anilines is 1. The van der Waals surface area contributed by atoms with Crippen LogP contribution in [-0.2, 0) is 11.2 Å². The molecule has 1 aliphatic rings. The molecule has 0 N–H and O–H groups in total. The Hall–Kier alpha value is -2.87. The van der Waals surface area contributed by atoms with Gasteiger partial charge >= 0.3 is 0 Å². The van der Waals surface area contributed by atoms with Crippen LogP contribution in [0.5, 0.6) is 5.75 Å². The van der Waals surface area contributed by atoms with E-state index in [1.165, 1.54) is 17.3 Å². The molecule has 28 heavy (non-hydrogen) atoms. The summed E-state index contributed by atoms with van der Waals surface area (Å²) in [6, 6.07) is 15.7. The van der Waals surface area contributed by atoms with Crippen LogP contribution < -0.4 is 9.64 Å². The van der Waals surface area contributed by atoms with Crippen molar-refractivity contribution in [2.24, 2.45) is 0 Å². The lowest BCUT2D eigenvalue weighted by atomic mass is 10.1. The summed E-state index contributed by atoms with van der Waals surface area (Å²) in [5.74, 6) is 0.717. The molecule has 144 valence electrons. The second-order valence-electron chi connectivity index (χ2n) is 6.70. The van der Waals surface area contributed by atoms with E-state index in [0.717, 1.165) is 17.8 Å². The van der Waals surface area contributed by atoms with Gasteiger partial charge in [-0.15, -0.1) is 5.10 Å². The number of nitrogens with zero attached hydrogens (tertiary/aromatic N) is 5. The Morgan fingerprint density at radius 1 is 1.18 bits per heavy atom. The summed E-state index contributed by atoms with van der Waals surface area (Å²) in [6.07, 6.45) is 0.873. The molecule has 2 unspecified atom stereocenters. The molecule has 0 spiro atoms. The molecular formula is C20H21N5O2S. The summed E-state index contributed by atoms with van der Waals surface area (Å²) in [5, 5.41) is 12.2.